The van der Waals surface area contributed by atoms with Crippen LogP contribution in [0.3, 0.4) is 0 Å². The predicted molar refractivity (Wildman–Crippen MR) is 44.5 cm³/mol. The maximum atomic E-state index is 4.09. The topological polar surface area (TPSA) is 53.4 Å². The number of fused-ring (bicyclic) bond motifs is 1. The summed E-state index contributed by atoms with van der Waals surface area (Å²) in [6, 6.07) is 0. The number of aromatic nitrogens is 2. The van der Waals surface area contributed by atoms with Crippen molar-refractivity contribution in [2.45, 2.75) is 6.92 Å². The summed E-state index contributed by atoms with van der Waals surface area (Å²) in [5.74, 6) is 0.818. The minimum absolute atomic E-state index is 0.808. The van der Waals surface area contributed by atoms with Gasteiger partial charge in [-0.2, -0.15) is 5.10 Å². The molecule has 62 valence electrons. The molecule has 0 aliphatic carbocycles. The molecule has 0 saturated carbocycles. The summed E-state index contributed by atoms with van der Waals surface area (Å²) in [5, 5.41) is 7.49. The zero-order valence-corrected chi connectivity index (χ0v) is 6.94. The van der Waals surface area contributed by atoms with Gasteiger partial charge in [-0.3, -0.25) is 5.01 Å². The van der Waals surface area contributed by atoms with E-state index in [-0.39, 0.29) is 0 Å². The van der Waals surface area contributed by atoms with Gasteiger partial charge >= 0.3 is 0 Å². The van der Waals surface area contributed by atoms with E-state index >= 15 is 0 Å². The van der Waals surface area contributed by atoms with Crippen LogP contribution in [0.1, 0.15) is 6.92 Å². The first kappa shape index (κ1) is 7.02. The van der Waals surface area contributed by atoms with Crippen molar-refractivity contribution >= 4 is 11.9 Å². The highest BCUT2D eigenvalue weighted by Crippen LogP contribution is 1.97. The molecule has 0 bridgehead atoms. The van der Waals surface area contributed by atoms with Crippen LogP contribution in [0.5, 0.6) is 0 Å². The van der Waals surface area contributed by atoms with E-state index in [9.17, 15) is 0 Å². The van der Waals surface area contributed by atoms with Gasteiger partial charge in [-0.25, -0.2) is 15.5 Å². The molecule has 0 unspecified atom stereocenters. The standard InChI is InChI=1S/C7H9N5/c1-3-5-6-7(9-4-8-5)12(2)11-10-6/h3-4,11H,1-2H3. The van der Waals surface area contributed by atoms with Crippen LogP contribution < -0.4 is 21.3 Å². The second-order valence-electron chi connectivity index (χ2n) is 2.49. The molecule has 1 N–H and O–H groups in total. The summed E-state index contributed by atoms with van der Waals surface area (Å²) in [4.78, 5) is 8.16. The summed E-state index contributed by atoms with van der Waals surface area (Å²) in [6.07, 6.45) is 3.44. The van der Waals surface area contributed by atoms with Crippen LogP contribution in [0.4, 0.5) is 5.82 Å². The van der Waals surface area contributed by atoms with Crippen LogP contribution in [0, 0.1) is 0 Å². The van der Waals surface area contributed by atoms with Crippen molar-refractivity contribution in [3.8, 4) is 0 Å². The smallest absolute Gasteiger partial charge is 0.179 e. The van der Waals surface area contributed by atoms with Crippen LogP contribution in [-0.2, 0) is 0 Å². The highest BCUT2D eigenvalue weighted by atomic mass is 15.7. The number of nitrogens with zero attached hydrogens (tertiary/aromatic N) is 4. The van der Waals surface area contributed by atoms with Crippen molar-refractivity contribution in [3.63, 3.8) is 0 Å². The van der Waals surface area contributed by atoms with Gasteiger partial charge in [-0.15, -0.1) is 0 Å². The molecule has 1 aromatic rings. The van der Waals surface area contributed by atoms with E-state index in [1.54, 1.807) is 5.01 Å². The fraction of sp³-hybridized carbons (Fsp3) is 0.286. The van der Waals surface area contributed by atoms with Gasteiger partial charge in [0.1, 0.15) is 6.33 Å². The van der Waals surface area contributed by atoms with Crippen molar-refractivity contribution in [1.29, 1.82) is 0 Å². The number of rotatable bonds is 0. The van der Waals surface area contributed by atoms with E-state index in [2.05, 4.69) is 20.6 Å². The van der Waals surface area contributed by atoms with Gasteiger partial charge < -0.3 is 0 Å². The fourth-order valence-electron chi connectivity index (χ4n) is 1.12. The zero-order valence-electron chi connectivity index (χ0n) is 6.94. The highest BCUT2D eigenvalue weighted by molar-refractivity contribution is 5.37. The Kier molecular flexibility index (Phi) is 1.43. The lowest BCUT2D eigenvalue weighted by molar-refractivity contribution is 0.741. The first-order valence-corrected chi connectivity index (χ1v) is 3.67. The minimum Gasteiger partial charge on any atom is -0.256 e. The van der Waals surface area contributed by atoms with Gasteiger partial charge in [0.05, 0.1) is 5.35 Å². The Morgan fingerprint density at radius 1 is 1.50 bits per heavy atom. The highest BCUT2D eigenvalue weighted by Gasteiger charge is 2.11. The monoisotopic (exact) mass is 163 g/mol. The summed E-state index contributed by atoms with van der Waals surface area (Å²) < 4.78 is 0. The average molecular weight is 163 g/mol. The summed E-state index contributed by atoms with van der Waals surface area (Å²) >= 11 is 0. The van der Waals surface area contributed by atoms with Crippen LogP contribution in [-0.4, -0.2) is 17.0 Å². The molecule has 5 heteroatoms. The summed E-state index contributed by atoms with van der Waals surface area (Å²) in [7, 11) is 1.86. The van der Waals surface area contributed by atoms with Crippen molar-refractivity contribution in [3.05, 3.63) is 17.0 Å². The molecular formula is C7H9N5. The Bertz CT molecular complexity index is 410. The van der Waals surface area contributed by atoms with Crippen LogP contribution in [0.25, 0.3) is 6.08 Å². The van der Waals surface area contributed by atoms with E-state index in [0.29, 0.717) is 0 Å². The van der Waals surface area contributed by atoms with Crippen molar-refractivity contribution < 1.29 is 0 Å². The molecule has 1 aliphatic rings. The third kappa shape index (κ3) is 0.827. The number of hydrogen-bond acceptors (Lipinski definition) is 5. The van der Waals surface area contributed by atoms with E-state index in [1.807, 2.05) is 20.0 Å². The molecule has 5 nitrogen and oxygen atoms in total. The zero-order chi connectivity index (χ0) is 8.55. The Labute approximate surface area is 69.4 Å². The largest absolute Gasteiger partial charge is 0.256 e. The van der Waals surface area contributed by atoms with E-state index < -0.39 is 0 Å². The van der Waals surface area contributed by atoms with Gasteiger partial charge in [0.2, 0.25) is 0 Å². The molecule has 0 aromatic carbocycles. The Hall–Kier alpha value is -1.65. The third-order valence-corrected chi connectivity index (χ3v) is 1.73. The lowest BCUT2D eigenvalue weighted by Crippen LogP contribution is -2.31. The lowest BCUT2D eigenvalue weighted by Gasteiger charge is -2.07. The van der Waals surface area contributed by atoms with Crippen molar-refractivity contribution in [2.24, 2.45) is 5.10 Å². The Morgan fingerprint density at radius 2 is 2.33 bits per heavy atom. The van der Waals surface area contributed by atoms with Crippen molar-refractivity contribution in [2.75, 3.05) is 12.1 Å². The Morgan fingerprint density at radius 3 is 3.08 bits per heavy atom. The molecule has 0 radical (unpaired) electrons. The van der Waals surface area contributed by atoms with Gasteiger partial charge in [0.25, 0.3) is 0 Å². The first-order valence-electron chi connectivity index (χ1n) is 3.67. The van der Waals surface area contributed by atoms with Gasteiger partial charge in [-0.1, -0.05) is 6.08 Å². The SMILES string of the molecule is CC=c1ncnc2c1=NNN2C. The molecule has 0 saturated heterocycles. The number of hydrogen-bond donors (Lipinski definition) is 1. The normalized spacial score (nSPS) is 15.5. The molecule has 12 heavy (non-hydrogen) atoms. The molecule has 0 fully saturated rings. The molecule has 0 amide bonds. The molecule has 0 atom stereocenters. The molecule has 2 rings (SSSR count). The first-order chi connectivity index (χ1) is 5.83. The van der Waals surface area contributed by atoms with Crippen LogP contribution in [0.2, 0.25) is 0 Å². The van der Waals surface area contributed by atoms with Gasteiger partial charge in [0.15, 0.2) is 11.2 Å². The third-order valence-electron chi connectivity index (χ3n) is 1.73. The lowest BCUT2D eigenvalue weighted by atomic mass is 10.4. The maximum Gasteiger partial charge on any atom is 0.179 e. The summed E-state index contributed by atoms with van der Waals surface area (Å²) in [6.45, 7) is 1.93. The van der Waals surface area contributed by atoms with Gasteiger partial charge in [0, 0.05) is 7.05 Å². The summed E-state index contributed by atoms with van der Waals surface area (Å²) in [5.41, 5.74) is 2.80. The number of hydrazine groups is 1. The second kappa shape index (κ2) is 2.44. The van der Waals surface area contributed by atoms with Gasteiger partial charge in [-0.05, 0) is 6.92 Å². The predicted octanol–water partition coefficient (Wildman–Crippen LogP) is -1.23. The second-order valence-corrected chi connectivity index (χ2v) is 2.49. The van der Waals surface area contributed by atoms with Crippen molar-refractivity contribution in [1.82, 2.24) is 15.5 Å². The fourth-order valence-corrected chi connectivity index (χ4v) is 1.12. The Balaban J connectivity index is 2.81. The molecule has 0 spiro atoms. The number of nitrogens with one attached hydrogen (secondary N) is 1. The number of anilines is 1. The molecular weight excluding hydrogens is 154 g/mol. The van der Waals surface area contributed by atoms with E-state index in [4.69, 9.17) is 0 Å². The van der Waals surface area contributed by atoms with E-state index in [0.717, 1.165) is 16.5 Å². The molecule has 1 aliphatic heterocycles. The minimum atomic E-state index is 0.808. The quantitative estimate of drug-likeness (QED) is 0.520. The van der Waals surface area contributed by atoms with E-state index in [1.165, 1.54) is 6.33 Å². The molecule has 2 heterocycles. The molecule has 1 aromatic heterocycles. The maximum absolute atomic E-state index is 4.09. The average Bonchev–Trinajstić information content (AvgIpc) is 2.48. The van der Waals surface area contributed by atoms with Crippen LogP contribution in [0.15, 0.2) is 11.4 Å². The van der Waals surface area contributed by atoms with Crippen LogP contribution >= 0.6 is 0 Å².